The van der Waals surface area contributed by atoms with Gasteiger partial charge in [-0.1, -0.05) is 42.5 Å². The highest BCUT2D eigenvalue weighted by Crippen LogP contribution is 2.22. The second-order valence-electron chi connectivity index (χ2n) is 6.13. The minimum absolute atomic E-state index is 0.0784. The number of hydrogen-bond donors (Lipinski definition) is 2. The van der Waals surface area contributed by atoms with Crippen molar-refractivity contribution in [2.75, 3.05) is 13.2 Å². The fourth-order valence-electron chi connectivity index (χ4n) is 2.69. The number of nitrogens with one attached hydrogen (secondary N) is 2. The van der Waals surface area contributed by atoms with Gasteiger partial charge in [0, 0.05) is 5.56 Å². The molecule has 1 heterocycles. The van der Waals surface area contributed by atoms with Crippen LogP contribution in [-0.2, 0) is 24.3 Å². The average molecular weight is 401 g/mol. The van der Waals surface area contributed by atoms with Crippen LogP contribution in [0.15, 0.2) is 64.5 Å². The molecular formula is C19H19N3O5S. The van der Waals surface area contributed by atoms with Crippen LogP contribution < -0.4 is 10.0 Å². The second-order valence-corrected chi connectivity index (χ2v) is 7.78. The summed E-state index contributed by atoms with van der Waals surface area (Å²) in [7, 11) is -3.67. The van der Waals surface area contributed by atoms with E-state index < -0.39 is 35.1 Å². The van der Waals surface area contributed by atoms with Crippen molar-refractivity contribution in [1.29, 1.82) is 0 Å². The highest BCUT2D eigenvalue weighted by Gasteiger charge is 2.30. The molecule has 0 bridgehead atoms. The quantitative estimate of drug-likeness (QED) is 0.705. The van der Waals surface area contributed by atoms with Crippen molar-refractivity contribution in [2.45, 2.75) is 17.9 Å². The molecule has 2 aromatic rings. The van der Waals surface area contributed by atoms with E-state index in [1.165, 1.54) is 6.07 Å². The molecule has 0 saturated heterocycles. The molecule has 0 aliphatic carbocycles. The van der Waals surface area contributed by atoms with Gasteiger partial charge in [-0.25, -0.2) is 8.42 Å². The standard InChI is InChI=1S/C19H19N3O5S/c1-13(14-7-3-2-4-8-14)21-17(23)12-27-18(24)11-20-19-15-9-5-6-10-16(15)28(25,26)22-19/h2-10,13H,11-12H2,1H3,(H,20,22)(H,21,23)/t13-/m1/s1. The number of aliphatic imine (C=N–C) groups is 1. The first kappa shape index (κ1) is 19.6. The smallest absolute Gasteiger partial charge is 0.328 e. The van der Waals surface area contributed by atoms with Gasteiger partial charge in [-0.3, -0.25) is 19.3 Å². The van der Waals surface area contributed by atoms with Crippen molar-refractivity contribution < 1.29 is 22.7 Å². The normalized spacial score (nSPS) is 16.7. The maximum absolute atomic E-state index is 12.0. The molecule has 28 heavy (non-hydrogen) atoms. The highest BCUT2D eigenvalue weighted by atomic mass is 32.2. The van der Waals surface area contributed by atoms with E-state index in [2.05, 4.69) is 15.0 Å². The molecule has 1 amide bonds. The molecule has 1 aliphatic rings. The summed E-state index contributed by atoms with van der Waals surface area (Å²) in [5.41, 5.74) is 1.32. The number of nitrogens with zero attached hydrogens (tertiary/aromatic N) is 1. The lowest BCUT2D eigenvalue weighted by molar-refractivity contribution is -0.147. The maximum Gasteiger partial charge on any atom is 0.328 e. The maximum atomic E-state index is 12.0. The number of fused-ring (bicyclic) bond motifs is 1. The summed E-state index contributed by atoms with van der Waals surface area (Å²) in [4.78, 5) is 27.8. The molecule has 0 radical (unpaired) electrons. The molecule has 2 N–H and O–H groups in total. The van der Waals surface area contributed by atoms with Crippen molar-refractivity contribution in [3.05, 3.63) is 65.7 Å². The van der Waals surface area contributed by atoms with Crippen molar-refractivity contribution in [3.8, 4) is 0 Å². The Labute approximate surface area is 162 Å². The molecule has 2 aromatic carbocycles. The van der Waals surface area contributed by atoms with Gasteiger partial charge < -0.3 is 10.1 Å². The van der Waals surface area contributed by atoms with E-state index in [4.69, 9.17) is 4.74 Å². The summed E-state index contributed by atoms with van der Waals surface area (Å²) in [5, 5.41) is 2.73. The minimum Gasteiger partial charge on any atom is -0.454 e. The first-order valence-corrected chi connectivity index (χ1v) is 10.0. The van der Waals surface area contributed by atoms with Gasteiger partial charge in [0.1, 0.15) is 12.4 Å². The summed E-state index contributed by atoms with van der Waals surface area (Å²) in [5.74, 6) is -1.10. The van der Waals surface area contributed by atoms with Crippen molar-refractivity contribution in [2.24, 2.45) is 4.99 Å². The van der Waals surface area contributed by atoms with E-state index in [0.717, 1.165) is 5.56 Å². The number of sulfonamides is 1. The van der Waals surface area contributed by atoms with Crippen LogP contribution in [0.2, 0.25) is 0 Å². The largest absolute Gasteiger partial charge is 0.454 e. The number of esters is 1. The second kappa shape index (κ2) is 8.22. The van der Waals surface area contributed by atoms with E-state index in [0.29, 0.717) is 5.56 Å². The van der Waals surface area contributed by atoms with E-state index in [1.807, 2.05) is 37.3 Å². The summed E-state index contributed by atoms with van der Waals surface area (Å²) < 4.78 is 31.2. The van der Waals surface area contributed by atoms with Crippen molar-refractivity contribution in [3.63, 3.8) is 0 Å². The van der Waals surface area contributed by atoms with Gasteiger partial charge in [0.05, 0.1) is 10.9 Å². The van der Waals surface area contributed by atoms with Gasteiger partial charge in [-0.05, 0) is 24.6 Å². The number of amidine groups is 1. The van der Waals surface area contributed by atoms with Crippen LogP contribution in [0.5, 0.6) is 0 Å². The number of hydrogen-bond acceptors (Lipinski definition) is 6. The van der Waals surface area contributed by atoms with Crippen LogP contribution in [0.25, 0.3) is 0 Å². The van der Waals surface area contributed by atoms with E-state index in [1.54, 1.807) is 18.2 Å². The fraction of sp³-hybridized carbons (Fsp3) is 0.211. The third-order valence-electron chi connectivity index (χ3n) is 4.07. The van der Waals surface area contributed by atoms with Gasteiger partial charge in [-0.15, -0.1) is 0 Å². The molecule has 0 spiro atoms. The van der Waals surface area contributed by atoms with Gasteiger partial charge in [0.25, 0.3) is 15.9 Å². The highest BCUT2D eigenvalue weighted by molar-refractivity contribution is 7.90. The van der Waals surface area contributed by atoms with Gasteiger partial charge in [-0.2, -0.15) is 0 Å². The number of benzene rings is 2. The third-order valence-corrected chi connectivity index (χ3v) is 5.47. The molecule has 0 fully saturated rings. The van der Waals surface area contributed by atoms with E-state index in [-0.39, 0.29) is 16.8 Å². The zero-order valence-electron chi connectivity index (χ0n) is 15.1. The average Bonchev–Trinajstić information content (AvgIpc) is 2.96. The van der Waals surface area contributed by atoms with Gasteiger partial charge in [0.15, 0.2) is 6.61 Å². The first-order chi connectivity index (χ1) is 13.4. The van der Waals surface area contributed by atoms with E-state index >= 15 is 0 Å². The molecule has 9 heteroatoms. The predicted molar refractivity (Wildman–Crippen MR) is 102 cm³/mol. The molecule has 1 atom stereocenters. The van der Waals surface area contributed by atoms with E-state index in [9.17, 15) is 18.0 Å². The molecule has 146 valence electrons. The third kappa shape index (κ3) is 4.55. The summed E-state index contributed by atoms with van der Waals surface area (Å²) in [6, 6.07) is 15.5. The topological polar surface area (TPSA) is 114 Å². The van der Waals surface area contributed by atoms with Crippen molar-refractivity contribution in [1.82, 2.24) is 10.0 Å². The number of rotatable bonds is 6. The van der Waals surface area contributed by atoms with Crippen LogP contribution in [0.1, 0.15) is 24.1 Å². The number of carbonyl (C=O) groups is 2. The van der Waals surface area contributed by atoms with Crippen LogP contribution in [0.3, 0.4) is 0 Å². The van der Waals surface area contributed by atoms with Gasteiger partial charge in [0.2, 0.25) is 0 Å². The fourth-order valence-corrected chi connectivity index (χ4v) is 3.95. The Bertz CT molecular complexity index is 1020. The SMILES string of the molecule is C[C@@H](NC(=O)COC(=O)CN=C1NS(=O)(=O)c2ccccc21)c1ccccc1. The molecule has 1 aliphatic heterocycles. The van der Waals surface area contributed by atoms with Crippen LogP contribution in [-0.4, -0.2) is 39.3 Å². The molecule has 0 saturated carbocycles. The van der Waals surface area contributed by atoms with Gasteiger partial charge >= 0.3 is 5.97 Å². The van der Waals surface area contributed by atoms with Crippen LogP contribution in [0, 0.1) is 0 Å². The Morgan fingerprint density at radius 3 is 2.54 bits per heavy atom. The number of ether oxygens (including phenoxy) is 1. The summed E-state index contributed by atoms with van der Waals surface area (Å²) in [6.45, 7) is 0.974. The molecule has 8 nitrogen and oxygen atoms in total. The first-order valence-electron chi connectivity index (χ1n) is 8.53. The lowest BCUT2D eigenvalue weighted by Crippen LogP contribution is -2.31. The van der Waals surface area contributed by atoms with Crippen LogP contribution >= 0.6 is 0 Å². The zero-order valence-corrected chi connectivity index (χ0v) is 15.9. The lowest BCUT2D eigenvalue weighted by atomic mass is 10.1. The molecule has 0 unspecified atom stereocenters. The molecule has 3 rings (SSSR count). The Morgan fingerprint density at radius 1 is 1.11 bits per heavy atom. The Hall–Kier alpha value is -3.20. The minimum atomic E-state index is -3.67. The van der Waals surface area contributed by atoms with Crippen molar-refractivity contribution >= 4 is 27.7 Å². The monoisotopic (exact) mass is 401 g/mol. The zero-order chi connectivity index (χ0) is 20.1. The Morgan fingerprint density at radius 2 is 1.79 bits per heavy atom. The molecular weight excluding hydrogens is 382 g/mol. The van der Waals surface area contributed by atoms with Crippen LogP contribution in [0.4, 0.5) is 0 Å². The Balaban J connectivity index is 1.51. The lowest BCUT2D eigenvalue weighted by Gasteiger charge is -2.14. The predicted octanol–water partition coefficient (Wildman–Crippen LogP) is 1.15. The Kier molecular flexibility index (Phi) is 5.74. The summed E-state index contributed by atoms with van der Waals surface area (Å²) >= 11 is 0. The molecule has 0 aromatic heterocycles. The summed E-state index contributed by atoms with van der Waals surface area (Å²) in [6.07, 6.45) is 0. The number of amides is 1. The number of carbonyl (C=O) groups excluding carboxylic acids is 2.